The van der Waals surface area contributed by atoms with Crippen molar-refractivity contribution in [3.63, 3.8) is 0 Å². The van der Waals surface area contributed by atoms with Gasteiger partial charge in [-0.05, 0) is 18.1 Å². The van der Waals surface area contributed by atoms with E-state index in [9.17, 15) is 14.0 Å². The molecule has 7 heteroatoms. The largest absolute Gasteiger partial charge is 0.445 e. The van der Waals surface area contributed by atoms with Gasteiger partial charge in [-0.3, -0.25) is 4.79 Å². The van der Waals surface area contributed by atoms with Crippen molar-refractivity contribution in [3.8, 4) is 0 Å². The van der Waals surface area contributed by atoms with Gasteiger partial charge in [0.25, 0.3) is 0 Å². The number of halogens is 1. The van der Waals surface area contributed by atoms with Gasteiger partial charge in [0.1, 0.15) is 19.0 Å². The second-order valence-electron chi connectivity index (χ2n) is 6.47. The molecule has 1 saturated heterocycles. The number of nitrogens with one attached hydrogen (secondary N) is 1. The number of ether oxygens (including phenoxy) is 1. The first-order valence-corrected chi connectivity index (χ1v) is 10.3. The Morgan fingerprint density at radius 1 is 1.11 bits per heavy atom. The Morgan fingerprint density at radius 3 is 2.64 bits per heavy atom. The Balaban J connectivity index is 1.43. The van der Waals surface area contributed by atoms with Crippen LogP contribution >= 0.6 is 11.8 Å². The number of carbonyl (C=O) groups is 2. The third-order valence-electron chi connectivity index (χ3n) is 4.54. The topological polar surface area (TPSA) is 58.6 Å². The van der Waals surface area contributed by atoms with Crippen LogP contribution in [0.3, 0.4) is 0 Å². The van der Waals surface area contributed by atoms with Crippen LogP contribution in [0, 0.1) is 5.82 Å². The third kappa shape index (κ3) is 5.73. The first-order valence-electron chi connectivity index (χ1n) is 9.22. The lowest BCUT2D eigenvalue weighted by atomic mass is 10.1. The highest BCUT2D eigenvalue weighted by atomic mass is 32.2. The van der Waals surface area contributed by atoms with E-state index in [-0.39, 0.29) is 30.1 Å². The van der Waals surface area contributed by atoms with E-state index in [0.29, 0.717) is 25.1 Å². The normalized spacial score (nSPS) is 16.9. The maximum absolute atomic E-state index is 14.0. The summed E-state index contributed by atoms with van der Waals surface area (Å²) in [4.78, 5) is 25.9. The average molecular weight is 402 g/mol. The highest BCUT2D eigenvalue weighted by molar-refractivity contribution is 7.99. The van der Waals surface area contributed by atoms with E-state index in [2.05, 4.69) is 5.32 Å². The van der Waals surface area contributed by atoms with E-state index in [1.54, 1.807) is 28.8 Å². The van der Waals surface area contributed by atoms with Crippen molar-refractivity contribution in [2.75, 3.05) is 25.4 Å². The number of amides is 2. The summed E-state index contributed by atoms with van der Waals surface area (Å²) < 4.78 is 19.1. The molecule has 28 heavy (non-hydrogen) atoms. The van der Waals surface area contributed by atoms with Crippen LogP contribution in [0.25, 0.3) is 0 Å². The van der Waals surface area contributed by atoms with E-state index >= 15 is 0 Å². The predicted molar refractivity (Wildman–Crippen MR) is 107 cm³/mol. The minimum atomic E-state index is -0.620. The summed E-state index contributed by atoms with van der Waals surface area (Å²) in [5.41, 5.74) is 1.57. The molecule has 1 aliphatic heterocycles. The van der Waals surface area contributed by atoms with E-state index in [0.717, 1.165) is 11.3 Å². The maximum Gasteiger partial charge on any atom is 0.407 e. The van der Waals surface area contributed by atoms with Crippen molar-refractivity contribution in [1.29, 1.82) is 0 Å². The number of rotatable bonds is 5. The molecule has 0 spiro atoms. The summed E-state index contributed by atoms with van der Waals surface area (Å²) >= 11 is 1.66. The van der Waals surface area contributed by atoms with Crippen molar-refractivity contribution in [1.82, 2.24) is 10.2 Å². The van der Waals surface area contributed by atoms with Crippen LogP contribution in [-0.4, -0.2) is 42.3 Å². The van der Waals surface area contributed by atoms with Gasteiger partial charge in [-0.1, -0.05) is 48.5 Å². The number of alkyl carbamates (subject to hydrolysis) is 1. The summed E-state index contributed by atoms with van der Waals surface area (Å²) in [6.07, 6.45) is 0.0566. The van der Waals surface area contributed by atoms with Crippen LogP contribution in [0.15, 0.2) is 54.6 Å². The van der Waals surface area contributed by atoms with Crippen LogP contribution in [0.2, 0.25) is 0 Å². The Labute approximate surface area is 168 Å². The molecule has 0 aromatic heterocycles. The van der Waals surface area contributed by atoms with Crippen LogP contribution < -0.4 is 5.32 Å². The molecule has 0 bridgehead atoms. The Morgan fingerprint density at radius 2 is 1.86 bits per heavy atom. The van der Waals surface area contributed by atoms with Gasteiger partial charge in [-0.15, -0.1) is 0 Å². The third-order valence-corrected chi connectivity index (χ3v) is 5.85. The van der Waals surface area contributed by atoms with Gasteiger partial charge in [0.05, 0.1) is 0 Å². The molecule has 1 heterocycles. The van der Waals surface area contributed by atoms with Crippen molar-refractivity contribution in [2.24, 2.45) is 0 Å². The number of nitrogens with zero attached hydrogens (tertiary/aromatic N) is 1. The van der Waals surface area contributed by atoms with Crippen LogP contribution in [-0.2, 0) is 16.1 Å². The van der Waals surface area contributed by atoms with Gasteiger partial charge < -0.3 is 15.0 Å². The Hall–Kier alpha value is -2.54. The molecule has 2 aromatic rings. The van der Waals surface area contributed by atoms with Crippen LogP contribution in [0.4, 0.5) is 9.18 Å². The minimum absolute atomic E-state index is 0.0304. The molecule has 1 atom stereocenters. The van der Waals surface area contributed by atoms with Crippen molar-refractivity contribution < 1.29 is 18.7 Å². The molecule has 0 saturated carbocycles. The van der Waals surface area contributed by atoms with Crippen LogP contribution in [0.1, 0.15) is 22.8 Å². The second kappa shape index (κ2) is 10.1. The number of hydrogen-bond donors (Lipinski definition) is 1. The van der Waals surface area contributed by atoms with Gasteiger partial charge in [-0.2, -0.15) is 11.8 Å². The molecule has 1 N–H and O–H groups in total. The molecule has 1 unspecified atom stereocenters. The molecule has 2 amide bonds. The molecule has 0 radical (unpaired) electrons. The van der Waals surface area contributed by atoms with E-state index in [1.165, 1.54) is 6.07 Å². The van der Waals surface area contributed by atoms with Gasteiger partial charge in [0.15, 0.2) is 0 Å². The van der Waals surface area contributed by atoms with Gasteiger partial charge in [-0.25, -0.2) is 9.18 Å². The number of benzene rings is 2. The zero-order valence-electron chi connectivity index (χ0n) is 15.5. The molecule has 1 aliphatic rings. The minimum Gasteiger partial charge on any atom is -0.445 e. The summed E-state index contributed by atoms with van der Waals surface area (Å²) in [5.74, 6) is 0.359. The summed E-state index contributed by atoms with van der Waals surface area (Å²) in [6, 6.07) is 16.1. The summed E-state index contributed by atoms with van der Waals surface area (Å²) in [7, 11) is 0. The monoisotopic (exact) mass is 402 g/mol. The summed E-state index contributed by atoms with van der Waals surface area (Å²) in [5, 5.41) is 2.53. The van der Waals surface area contributed by atoms with Crippen molar-refractivity contribution in [2.45, 2.75) is 18.3 Å². The predicted octanol–water partition coefficient (Wildman–Crippen LogP) is 3.76. The molecule has 148 valence electrons. The second-order valence-corrected chi connectivity index (χ2v) is 7.78. The van der Waals surface area contributed by atoms with Crippen molar-refractivity contribution in [3.05, 3.63) is 71.5 Å². The fourth-order valence-corrected chi connectivity index (χ4v) is 4.29. The van der Waals surface area contributed by atoms with Crippen LogP contribution in [0.5, 0.6) is 0 Å². The molecule has 1 fully saturated rings. The Bertz CT molecular complexity index is 803. The average Bonchev–Trinajstić information content (AvgIpc) is 2.98. The first-order chi connectivity index (χ1) is 13.6. The van der Waals surface area contributed by atoms with Crippen molar-refractivity contribution >= 4 is 23.8 Å². The highest BCUT2D eigenvalue weighted by Crippen LogP contribution is 2.35. The van der Waals surface area contributed by atoms with Gasteiger partial charge in [0.2, 0.25) is 5.91 Å². The van der Waals surface area contributed by atoms with E-state index in [4.69, 9.17) is 4.74 Å². The SMILES string of the molecule is O=C(NCC(=O)N1CCSC(c2ccccc2F)CC1)OCc1ccccc1. The number of carbonyl (C=O) groups excluding carboxylic acids is 2. The molecule has 2 aromatic carbocycles. The molecular weight excluding hydrogens is 379 g/mol. The Kier molecular flexibility index (Phi) is 7.31. The number of thioether (sulfide) groups is 1. The molecular formula is C21H23FN2O3S. The van der Waals surface area contributed by atoms with Gasteiger partial charge in [0, 0.05) is 29.7 Å². The summed E-state index contributed by atoms with van der Waals surface area (Å²) in [6.45, 7) is 1.16. The lowest BCUT2D eigenvalue weighted by Gasteiger charge is -2.20. The molecule has 5 nitrogen and oxygen atoms in total. The number of hydrogen-bond acceptors (Lipinski definition) is 4. The van der Waals surface area contributed by atoms with E-state index in [1.807, 2.05) is 36.4 Å². The van der Waals surface area contributed by atoms with E-state index < -0.39 is 6.09 Å². The standard InChI is InChI=1S/C21H23FN2O3S/c22-18-9-5-4-8-17(18)19-10-11-24(12-13-28-19)20(25)14-23-21(26)27-15-16-6-2-1-3-7-16/h1-9,19H,10-15H2,(H,23,26). The molecule has 3 rings (SSSR count). The fourth-order valence-electron chi connectivity index (χ4n) is 3.04. The lowest BCUT2D eigenvalue weighted by molar-refractivity contribution is -0.129. The highest BCUT2D eigenvalue weighted by Gasteiger charge is 2.23. The zero-order chi connectivity index (χ0) is 19.8. The fraction of sp³-hybridized carbons (Fsp3) is 0.333. The first kappa shape index (κ1) is 20.2. The quantitative estimate of drug-likeness (QED) is 0.827. The smallest absolute Gasteiger partial charge is 0.407 e. The van der Waals surface area contributed by atoms with Gasteiger partial charge >= 0.3 is 6.09 Å². The maximum atomic E-state index is 14.0. The zero-order valence-corrected chi connectivity index (χ0v) is 16.3. The molecule has 0 aliphatic carbocycles. The lowest BCUT2D eigenvalue weighted by Crippen LogP contribution is -2.41.